The summed E-state index contributed by atoms with van der Waals surface area (Å²) < 4.78 is 5.95. The highest BCUT2D eigenvalue weighted by atomic mass is 16.6. The number of aliphatic hydroxyl groups is 1. The highest BCUT2D eigenvalue weighted by Crippen LogP contribution is 2.66. The molecule has 0 unspecified atom stereocenters. The number of carbonyl (C=O) groups is 1. The van der Waals surface area contributed by atoms with Crippen LogP contribution in [0, 0.1) is 11.3 Å². The molecule has 2 saturated heterocycles. The van der Waals surface area contributed by atoms with Crippen molar-refractivity contribution in [2.75, 3.05) is 0 Å². The Labute approximate surface area is 101 Å². The number of allylic oxidation sites excluding steroid dienone is 1. The standard InChI is InChI=1S/C14H18O3/c15-11-6-5-10-12-4-2-8-14(16,17-12)13(10)7-1-3-9(11)13/h3,10,12,16H,1-2,4-8H2/t10-,12-,13-,14+/m0/s1. The number of hydrogen-bond acceptors (Lipinski definition) is 3. The van der Waals surface area contributed by atoms with Gasteiger partial charge in [0.2, 0.25) is 0 Å². The Morgan fingerprint density at radius 1 is 1.35 bits per heavy atom. The molecule has 1 N–H and O–H groups in total. The van der Waals surface area contributed by atoms with E-state index in [0.29, 0.717) is 18.8 Å². The lowest BCUT2D eigenvalue weighted by Gasteiger charge is -2.44. The van der Waals surface area contributed by atoms with Crippen molar-refractivity contribution in [3.8, 4) is 0 Å². The SMILES string of the molecule is O=C1CC[C@H]2[C@@H]3CCC[C@@](O)(O3)[C@]23CCC=C13. The van der Waals surface area contributed by atoms with Crippen molar-refractivity contribution in [3.05, 3.63) is 11.6 Å². The molecular weight excluding hydrogens is 216 g/mol. The van der Waals surface area contributed by atoms with Gasteiger partial charge in [-0.3, -0.25) is 4.79 Å². The predicted molar refractivity (Wildman–Crippen MR) is 61.2 cm³/mol. The van der Waals surface area contributed by atoms with E-state index < -0.39 is 5.79 Å². The average molecular weight is 234 g/mol. The van der Waals surface area contributed by atoms with Crippen LogP contribution < -0.4 is 0 Å². The maximum absolute atomic E-state index is 12.1. The summed E-state index contributed by atoms with van der Waals surface area (Å²) in [5, 5.41) is 10.9. The van der Waals surface area contributed by atoms with Crippen LogP contribution in [0.5, 0.6) is 0 Å². The molecule has 17 heavy (non-hydrogen) atoms. The summed E-state index contributed by atoms with van der Waals surface area (Å²) in [5.41, 5.74) is 0.560. The lowest BCUT2D eigenvalue weighted by molar-refractivity contribution is -0.250. The molecule has 4 atom stereocenters. The number of ketones is 1. The number of hydrogen-bond donors (Lipinski definition) is 1. The van der Waals surface area contributed by atoms with Gasteiger partial charge in [-0.05, 0) is 32.1 Å². The van der Waals surface area contributed by atoms with Gasteiger partial charge in [0.05, 0.1) is 11.5 Å². The van der Waals surface area contributed by atoms with E-state index in [1.807, 2.05) is 0 Å². The van der Waals surface area contributed by atoms with Crippen LogP contribution in [0.15, 0.2) is 11.6 Å². The van der Waals surface area contributed by atoms with Gasteiger partial charge < -0.3 is 9.84 Å². The molecule has 2 heterocycles. The van der Waals surface area contributed by atoms with Crippen LogP contribution in [0.3, 0.4) is 0 Å². The summed E-state index contributed by atoms with van der Waals surface area (Å²) in [6.45, 7) is 0. The van der Waals surface area contributed by atoms with Crippen LogP contribution in [0.1, 0.15) is 44.9 Å². The van der Waals surface area contributed by atoms with Gasteiger partial charge >= 0.3 is 0 Å². The van der Waals surface area contributed by atoms with E-state index in [2.05, 4.69) is 6.08 Å². The second-order valence-electron chi connectivity index (χ2n) is 6.03. The number of ether oxygens (including phenoxy) is 1. The van der Waals surface area contributed by atoms with Gasteiger partial charge in [-0.2, -0.15) is 0 Å². The zero-order chi connectivity index (χ0) is 11.7. The summed E-state index contributed by atoms with van der Waals surface area (Å²) in [5.74, 6) is -0.413. The summed E-state index contributed by atoms with van der Waals surface area (Å²) in [7, 11) is 0. The zero-order valence-electron chi connectivity index (χ0n) is 9.95. The van der Waals surface area contributed by atoms with E-state index in [-0.39, 0.29) is 17.3 Å². The number of Topliss-reactive ketones (excluding diaryl/α,β-unsaturated/α-hetero) is 1. The van der Waals surface area contributed by atoms with Crippen LogP contribution in [0.25, 0.3) is 0 Å². The maximum atomic E-state index is 12.1. The van der Waals surface area contributed by atoms with Crippen molar-refractivity contribution in [3.63, 3.8) is 0 Å². The minimum Gasteiger partial charge on any atom is -0.365 e. The van der Waals surface area contributed by atoms with E-state index in [4.69, 9.17) is 4.74 Å². The zero-order valence-corrected chi connectivity index (χ0v) is 9.95. The normalized spacial score (nSPS) is 52.1. The third kappa shape index (κ3) is 0.995. The van der Waals surface area contributed by atoms with Gasteiger partial charge in [0.15, 0.2) is 11.6 Å². The molecule has 4 aliphatic rings. The van der Waals surface area contributed by atoms with Crippen LogP contribution >= 0.6 is 0 Å². The van der Waals surface area contributed by atoms with Crippen LogP contribution in [-0.4, -0.2) is 22.8 Å². The Hall–Kier alpha value is -0.670. The quantitative estimate of drug-likeness (QED) is 0.696. The van der Waals surface area contributed by atoms with E-state index in [1.54, 1.807) is 0 Å². The van der Waals surface area contributed by atoms with Crippen LogP contribution in [0.2, 0.25) is 0 Å². The minimum atomic E-state index is -1.04. The lowest BCUT2D eigenvalue weighted by atomic mass is 9.60. The van der Waals surface area contributed by atoms with Crippen molar-refractivity contribution in [2.24, 2.45) is 11.3 Å². The van der Waals surface area contributed by atoms with Crippen molar-refractivity contribution < 1.29 is 14.6 Å². The first-order valence-corrected chi connectivity index (χ1v) is 6.81. The molecule has 2 bridgehead atoms. The van der Waals surface area contributed by atoms with E-state index in [9.17, 15) is 9.90 Å². The summed E-state index contributed by atoms with van der Waals surface area (Å²) in [4.78, 5) is 12.1. The summed E-state index contributed by atoms with van der Waals surface area (Å²) in [6, 6.07) is 0. The van der Waals surface area contributed by atoms with Gasteiger partial charge in [-0.1, -0.05) is 6.08 Å². The molecule has 2 aliphatic heterocycles. The van der Waals surface area contributed by atoms with Crippen molar-refractivity contribution in [1.29, 1.82) is 0 Å². The number of carbonyl (C=O) groups excluding carboxylic acids is 1. The van der Waals surface area contributed by atoms with Crippen LogP contribution in [0.4, 0.5) is 0 Å². The third-order valence-electron chi connectivity index (χ3n) is 5.48. The van der Waals surface area contributed by atoms with Gasteiger partial charge in [0.25, 0.3) is 0 Å². The maximum Gasteiger partial charge on any atom is 0.176 e. The lowest BCUT2D eigenvalue weighted by Crippen LogP contribution is -2.51. The molecule has 3 fully saturated rings. The average Bonchev–Trinajstić information content (AvgIpc) is 2.81. The number of fused-ring (bicyclic) bond motifs is 3. The Morgan fingerprint density at radius 2 is 2.24 bits per heavy atom. The second kappa shape index (κ2) is 3.01. The second-order valence-corrected chi connectivity index (χ2v) is 6.03. The fourth-order valence-corrected chi connectivity index (χ4v) is 4.90. The van der Waals surface area contributed by atoms with Crippen molar-refractivity contribution in [1.82, 2.24) is 0 Å². The molecule has 1 spiro atoms. The van der Waals surface area contributed by atoms with Gasteiger partial charge in [-0.25, -0.2) is 0 Å². The van der Waals surface area contributed by atoms with E-state index >= 15 is 0 Å². The summed E-state index contributed by atoms with van der Waals surface area (Å²) in [6.07, 6.45) is 8.42. The molecule has 4 rings (SSSR count). The molecule has 0 amide bonds. The molecule has 1 saturated carbocycles. The predicted octanol–water partition coefficient (Wildman–Crippen LogP) is 1.94. The first kappa shape index (κ1) is 10.3. The van der Waals surface area contributed by atoms with E-state index in [1.165, 1.54) is 0 Å². The minimum absolute atomic E-state index is 0.184. The molecule has 3 heteroatoms. The highest BCUT2D eigenvalue weighted by Gasteiger charge is 2.69. The first-order valence-electron chi connectivity index (χ1n) is 6.81. The molecule has 92 valence electrons. The van der Waals surface area contributed by atoms with Gasteiger partial charge in [-0.15, -0.1) is 0 Å². The Morgan fingerprint density at radius 3 is 3.12 bits per heavy atom. The van der Waals surface area contributed by atoms with E-state index in [0.717, 1.165) is 37.7 Å². The molecular formula is C14H18O3. The Bertz CT molecular complexity index is 427. The van der Waals surface area contributed by atoms with Crippen LogP contribution in [-0.2, 0) is 9.53 Å². The smallest absolute Gasteiger partial charge is 0.176 e. The first-order chi connectivity index (χ1) is 8.17. The van der Waals surface area contributed by atoms with Gasteiger partial charge in [0.1, 0.15) is 0 Å². The molecule has 3 nitrogen and oxygen atoms in total. The third-order valence-corrected chi connectivity index (χ3v) is 5.48. The largest absolute Gasteiger partial charge is 0.365 e. The number of rotatable bonds is 0. The fraction of sp³-hybridized carbons (Fsp3) is 0.786. The monoisotopic (exact) mass is 234 g/mol. The van der Waals surface area contributed by atoms with Crippen molar-refractivity contribution >= 4 is 5.78 Å². The molecule has 0 aromatic heterocycles. The topological polar surface area (TPSA) is 46.5 Å². The fourth-order valence-electron chi connectivity index (χ4n) is 4.90. The molecule has 0 aromatic rings. The Balaban J connectivity index is 1.91. The molecule has 2 aliphatic carbocycles. The molecule has 0 aromatic carbocycles. The summed E-state index contributed by atoms with van der Waals surface area (Å²) >= 11 is 0. The highest BCUT2D eigenvalue weighted by molar-refractivity contribution is 5.98. The van der Waals surface area contributed by atoms with Crippen molar-refractivity contribution in [2.45, 2.75) is 56.8 Å². The Kier molecular flexibility index (Phi) is 1.82. The van der Waals surface area contributed by atoms with Gasteiger partial charge in [0, 0.05) is 24.3 Å². The molecule has 0 radical (unpaired) electrons.